The standard InChI is InChI=1S/C30H31N5O5/c1-19-32-25-11-12-26(39-22-13-15-33(16-14-22)29(36)40-30(2,3)4)28(35(37)38)27(25)34(19)18-21-10-9-20(17-31)23-7-5-6-8-24(21)23/h5-12,22H,13-16,18H2,1-4H3. The monoisotopic (exact) mass is 541 g/mol. The quantitative estimate of drug-likeness (QED) is 0.221. The molecule has 10 heteroatoms. The Bertz CT molecular complexity index is 1660. The molecule has 0 unspecified atom stereocenters. The number of nitro benzene ring substituents is 1. The number of hydrogen-bond donors (Lipinski definition) is 0. The molecule has 0 spiro atoms. The molecule has 10 nitrogen and oxygen atoms in total. The summed E-state index contributed by atoms with van der Waals surface area (Å²) in [5.74, 6) is 0.813. The number of rotatable bonds is 5. The summed E-state index contributed by atoms with van der Waals surface area (Å²) in [6.07, 6.45) is 0.413. The van der Waals surface area contributed by atoms with Crippen LogP contribution in [-0.2, 0) is 11.3 Å². The highest BCUT2D eigenvalue weighted by atomic mass is 16.6. The summed E-state index contributed by atoms with van der Waals surface area (Å²) in [5, 5.41) is 23.7. The van der Waals surface area contributed by atoms with Gasteiger partial charge in [0.1, 0.15) is 17.5 Å². The van der Waals surface area contributed by atoms with Gasteiger partial charge in [0.25, 0.3) is 0 Å². The van der Waals surface area contributed by atoms with Crippen LogP contribution in [0.2, 0.25) is 0 Å². The Hall–Kier alpha value is -4.65. The number of likely N-dealkylation sites (tertiary alicyclic amines) is 1. The van der Waals surface area contributed by atoms with Gasteiger partial charge in [-0.1, -0.05) is 30.3 Å². The van der Waals surface area contributed by atoms with E-state index in [0.29, 0.717) is 54.9 Å². The van der Waals surface area contributed by atoms with Crippen LogP contribution in [0.25, 0.3) is 21.8 Å². The number of nitro groups is 1. The van der Waals surface area contributed by atoms with Crippen LogP contribution < -0.4 is 4.74 Å². The highest BCUT2D eigenvalue weighted by Crippen LogP contribution is 2.38. The Morgan fingerprint density at radius 1 is 1.12 bits per heavy atom. The van der Waals surface area contributed by atoms with E-state index in [2.05, 4.69) is 11.1 Å². The lowest BCUT2D eigenvalue weighted by atomic mass is 10.00. The second-order valence-electron chi connectivity index (χ2n) is 11.0. The van der Waals surface area contributed by atoms with Crippen LogP contribution in [0.3, 0.4) is 0 Å². The molecule has 2 heterocycles. The normalized spacial score (nSPS) is 14.3. The Morgan fingerprint density at radius 3 is 2.48 bits per heavy atom. The van der Waals surface area contributed by atoms with Crippen LogP contribution in [0.15, 0.2) is 48.5 Å². The summed E-state index contributed by atoms with van der Waals surface area (Å²) in [7, 11) is 0. The van der Waals surface area contributed by atoms with Crippen LogP contribution in [0.4, 0.5) is 10.5 Å². The van der Waals surface area contributed by atoms with Crippen molar-refractivity contribution in [1.29, 1.82) is 5.26 Å². The van der Waals surface area contributed by atoms with Gasteiger partial charge in [0.05, 0.1) is 28.6 Å². The zero-order chi connectivity index (χ0) is 28.6. The van der Waals surface area contributed by atoms with Gasteiger partial charge in [-0.2, -0.15) is 5.26 Å². The molecule has 0 aliphatic carbocycles. The number of imidazole rings is 1. The summed E-state index contributed by atoms with van der Waals surface area (Å²) in [5.41, 5.74) is 1.68. The number of carbonyl (C=O) groups is 1. The molecule has 3 aromatic carbocycles. The number of piperidine rings is 1. The molecule has 1 amide bonds. The van der Waals surface area contributed by atoms with Crippen LogP contribution in [0, 0.1) is 28.4 Å². The van der Waals surface area contributed by atoms with Crippen molar-refractivity contribution in [3.05, 3.63) is 75.6 Å². The number of ether oxygens (including phenoxy) is 2. The Balaban J connectivity index is 1.45. The summed E-state index contributed by atoms with van der Waals surface area (Å²) in [6.45, 7) is 8.53. The van der Waals surface area contributed by atoms with Crippen molar-refractivity contribution in [2.75, 3.05) is 13.1 Å². The predicted octanol–water partition coefficient (Wildman–Crippen LogP) is 6.10. The minimum absolute atomic E-state index is 0.134. The van der Waals surface area contributed by atoms with Gasteiger partial charge in [0, 0.05) is 25.9 Å². The van der Waals surface area contributed by atoms with Crippen LogP contribution in [0.1, 0.15) is 50.6 Å². The Kier molecular flexibility index (Phi) is 7.06. The Labute approximate surface area is 231 Å². The fourth-order valence-corrected chi connectivity index (χ4v) is 5.20. The highest BCUT2D eigenvalue weighted by molar-refractivity contribution is 5.92. The molecule has 1 fully saturated rings. The maximum absolute atomic E-state index is 12.4. The van der Waals surface area contributed by atoms with Crippen LogP contribution in [0.5, 0.6) is 5.75 Å². The van der Waals surface area contributed by atoms with Gasteiger partial charge in [-0.15, -0.1) is 0 Å². The third kappa shape index (κ3) is 5.27. The number of aryl methyl sites for hydroxylation is 1. The number of aromatic nitrogens is 2. The number of nitriles is 1. The lowest BCUT2D eigenvalue weighted by molar-refractivity contribution is -0.384. The van der Waals surface area contributed by atoms with E-state index >= 15 is 0 Å². The second-order valence-corrected chi connectivity index (χ2v) is 11.0. The van der Waals surface area contributed by atoms with E-state index in [1.807, 2.05) is 62.6 Å². The zero-order valence-corrected chi connectivity index (χ0v) is 23.0. The van der Waals surface area contributed by atoms with E-state index in [1.54, 1.807) is 23.1 Å². The predicted molar refractivity (Wildman–Crippen MR) is 150 cm³/mol. The molecule has 0 saturated carbocycles. The average molecular weight is 542 g/mol. The molecule has 1 aliphatic heterocycles. The van der Waals surface area contributed by atoms with Crippen molar-refractivity contribution in [3.8, 4) is 11.8 Å². The molecule has 40 heavy (non-hydrogen) atoms. The first-order valence-electron chi connectivity index (χ1n) is 13.3. The molecular formula is C30H31N5O5. The molecule has 5 rings (SSSR count). The molecule has 1 aromatic heterocycles. The molecule has 1 saturated heterocycles. The van der Waals surface area contributed by atoms with Crippen LogP contribution in [-0.4, -0.2) is 50.3 Å². The molecule has 0 N–H and O–H groups in total. The van der Waals surface area contributed by atoms with Gasteiger partial charge in [-0.05, 0) is 62.2 Å². The van der Waals surface area contributed by atoms with Crippen molar-refractivity contribution < 1.29 is 19.2 Å². The molecule has 0 radical (unpaired) electrons. The number of fused-ring (bicyclic) bond motifs is 2. The van der Waals surface area contributed by atoms with Crippen molar-refractivity contribution in [2.45, 2.75) is 58.8 Å². The number of amides is 1. The van der Waals surface area contributed by atoms with Gasteiger partial charge < -0.3 is 18.9 Å². The minimum Gasteiger partial charge on any atom is -0.483 e. The van der Waals surface area contributed by atoms with Gasteiger partial charge in [0.15, 0.2) is 11.3 Å². The summed E-state index contributed by atoms with van der Waals surface area (Å²) in [6, 6.07) is 16.9. The summed E-state index contributed by atoms with van der Waals surface area (Å²) >= 11 is 0. The van der Waals surface area contributed by atoms with Gasteiger partial charge in [-0.3, -0.25) is 10.1 Å². The lowest BCUT2D eigenvalue weighted by Crippen LogP contribution is -2.44. The molecule has 0 bridgehead atoms. The van der Waals surface area contributed by atoms with Crippen molar-refractivity contribution in [3.63, 3.8) is 0 Å². The maximum atomic E-state index is 12.4. The maximum Gasteiger partial charge on any atom is 0.410 e. The van der Waals surface area contributed by atoms with Crippen LogP contribution >= 0.6 is 0 Å². The Morgan fingerprint density at radius 2 is 1.82 bits per heavy atom. The van der Waals surface area contributed by atoms with E-state index < -0.39 is 10.5 Å². The fraction of sp³-hybridized carbons (Fsp3) is 0.367. The van der Waals surface area contributed by atoms with Crippen molar-refractivity contribution in [2.24, 2.45) is 0 Å². The molecule has 4 aromatic rings. The number of carbonyl (C=O) groups excluding carboxylic acids is 1. The van der Waals surface area contributed by atoms with E-state index in [-0.39, 0.29) is 23.6 Å². The molecule has 206 valence electrons. The topological polar surface area (TPSA) is 124 Å². The van der Waals surface area contributed by atoms with Crippen molar-refractivity contribution in [1.82, 2.24) is 14.5 Å². The van der Waals surface area contributed by atoms with Gasteiger partial charge >= 0.3 is 11.8 Å². The highest BCUT2D eigenvalue weighted by Gasteiger charge is 2.31. The largest absolute Gasteiger partial charge is 0.483 e. The molecular weight excluding hydrogens is 510 g/mol. The van der Waals surface area contributed by atoms with E-state index in [1.165, 1.54) is 0 Å². The average Bonchev–Trinajstić information content (AvgIpc) is 3.22. The van der Waals surface area contributed by atoms with Gasteiger partial charge in [0.2, 0.25) is 0 Å². The first-order chi connectivity index (χ1) is 19.1. The number of hydrogen-bond acceptors (Lipinski definition) is 7. The van der Waals surface area contributed by atoms with E-state index in [0.717, 1.165) is 16.3 Å². The molecule has 1 aliphatic rings. The third-order valence-electron chi connectivity index (χ3n) is 7.07. The first-order valence-corrected chi connectivity index (χ1v) is 13.3. The minimum atomic E-state index is -0.578. The SMILES string of the molecule is Cc1nc2ccc(OC3CCN(C(=O)OC(C)(C)C)CC3)c([N+](=O)[O-])c2n1Cc1ccc(C#N)c2ccccc12. The number of nitrogens with zero attached hydrogens (tertiary/aromatic N) is 5. The third-order valence-corrected chi connectivity index (χ3v) is 7.07. The first kappa shape index (κ1) is 26.9. The zero-order valence-electron chi connectivity index (χ0n) is 23.0. The summed E-state index contributed by atoms with van der Waals surface area (Å²) < 4.78 is 13.5. The number of benzene rings is 3. The smallest absolute Gasteiger partial charge is 0.410 e. The van der Waals surface area contributed by atoms with E-state index in [4.69, 9.17) is 9.47 Å². The van der Waals surface area contributed by atoms with Crippen molar-refractivity contribution >= 4 is 33.6 Å². The lowest BCUT2D eigenvalue weighted by Gasteiger charge is -2.33. The van der Waals surface area contributed by atoms with Gasteiger partial charge in [-0.25, -0.2) is 9.78 Å². The summed E-state index contributed by atoms with van der Waals surface area (Å²) in [4.78, 5) is 30.7. The van der Waals surface area contributed by atoms with E-state index in [9.17, 15) is 20.2 Å². The second kappa shape index (κ2) is 10.5. The fourth-order valence-electron chi connectivity index (χ4n) is 5.20. The molecule has 0 atom stereocenters.